The van der Waals surface area contributed by atoms with Crippen molar-refractivity contribution in [1.29, 1.82) is 0 Å². The van der Waals surface area contributed by atoms with Gasteiger partial charge in [-0.2, -0.15) is 4.72 Å². The van der Waals surface area contributed by atoms with E-state index < -0.39 is 51.7 Å². The van der Waals surface area contributed by atoms with E-state index >= 15 is 0 Å². The normalized spacial score (nSPS) is 11.6. The maximum Gasteiger partial charge on any atom is 0.332 e. The number of nitrogens with zero attached hydrogens (tertiary/aromatic N) is 2. The van der Waals surface area contributed by atoms with Gasteiger partial charge in [-0.05, 0) is 17.4 Å². The minimum absolute atomic E-state index is 0.0136. The predicted molar refractivity (Wildman–Crippen MR) is 110 cm³/mol. The number of esters is 1. The van der Waals surface area contributed by atoms with Gasteiger partial charge < -0.3 is 10.5 Å². The average Bonchev–Trinajstić information content (AvgIpc) is 3.22. The SMILES string of the molecule is CC(C)Cn1c(N)c(C(=O)COC(=O)CNS(=O)(=O)c2cccs2)c(=O)n(C)c1=O. The van der Waals surface area contributed by atoms with Gasteiger partial charge in [0.2, 0.25) is 5.78 Å². The number of carbonyl (C=O) groups is 2. The molecule has 0 saturated heterocycles. The average molecular weight is 459 g/mol. The van der Waals surface area contributed by atoms with Gasteiger partial charge in [0.05, 0.1) is 0 Å². The van der Waals surface area contributed by atoms with Gasteiger partial charge in [-0.25, -0.2) is 13.2 Å². The number of anilines is 1. The highest BCUT2D eigenvalue weighted by atomic mass is 32.2. The Morgan fingerprint density at radius 1 is 1.30 bits per heavy atom. The van der Waals surface area contributed by atoms with Crippen LogP contribution in [-0.2, 0) is 33.1 Å². The maximum absolute atomic E-state index is 12.5. The summed E-state index contributed by atoms with van der Waals surface area (Å²) in [5.41, 5.74) is 3.84. The van der Waals surface area contributed by atoms with Gasteiger partial charge in [-0.3, -0.25) is 23.5 Å². The monoisotopic (exact) mass is 458 g/mol. The molecule has 2 aromatic heterocycles. The van der Waals surface area contributed by atoms with Gasteiger partial charge in [0.25, 0.3) is 15.6 Å². The Morgan fingerprint density at radius 2 is 1.97 bits per heavy atom. The van der Waals surface area contributed by atoms with Crippen molar-refractivity contribution in [1.82, 2.24) is 13.9 Å². The molecule has 2 aromatic rings. The van der Waals surface area contributed by atoms with E-state index in [1.807, 2.05) is 13.8 Å². The first-order chi connectivity index (χ1) is 14.0. The Hall–Kier alpha value is -2.77. The van der Waals surface area contributed by atoms with Crippen molar-refractivity contribution in [2.45, 2.75) is 24.6 Å². The van der Waals surface area contributed by atoms with Crippen LogP contribution >= 0.6 is 11.3 Å². The van der Waals surface area contributed by atoms with Crippen LogP contribution in [0.3, 0.4) is 0 Å². The molecule has 164 valence electrons. The van der Waals surface area contributed by atoms with Gasteiger partial charge in [-0.1, -0.05) is 19.9 Å². The minimum atomic E-state index is -3.87. The van der Waals surface area contributed by atoms with E-state index in [2.05, 4.69) is 4.72 Å². The molecule has 0 atom stereocenters. The molecule has 0 aromatic carbocycles. The van der Waals surface area contributed by atoms with Gasteiger partial charge >= 0.3 is 11.7 Å². The van der Waals surface area contributed by atoms with Crippen LogP contribution in [0.1, 0.15) is 24.2 Å². The molecule has 0 bridgehead atoms. The first kappa shape index (κ1) is 23.5. The zero-order chi connectivity index (χ0) is 22.6. The van der Waals surface area contributed by atoms with Gasteiger partial charge in [0.15, 0.2) is 6.61 Å². The van der Waals surface area contributed by atoms with E-state index in [0.29, 0.717) is 0 Å². The van der Waals surface area contributed by atoms with Crippen LogP contribution < -0.4 is 21.7 Å². The number of thiophene rings is 1. The number of nitrogen functional groups attached to an aromatic ring is 1. The van der Waals surface area contributed by atoms with Crippen LogP contribution in [0.5, 0.6) is 0 Å². The van der Waals surface area contributed by atoms with Crippen molar-refractivity contribution in [3.63, 3.8) is 0 Å². The largest absolute Gasteiger partial charge is 0.456 e. The summed E-state index contributed by atoms with van der Waals surface area (Å²) in [7, 11) is -2.66. The second-order valence-electron chi connectivity index (χ2n) is 6.75. The third kappa shape index (κ3) is 5.23. The van der Waals surface area contributed by atoms with E-state index in [1.54, 1.807) is 11.4 Å². The zero-order valence-corrected chi connectivity index (χ0v) is 18.2. The smallest absolute Gasteiger partial charge is 0.332 e. The highest BCUT2D eigenvalue weighted by molar-refractivity contribution is 7.91. The predicted octanol–water partition coefficient (Wildman–Crippen LogP) is -0.449. The molecule has 0 radical (unpaired) electrons. The van der Waals surface area contributed by atoms with Crippen molar-refractivity contribution in [3.8, 4) is 0 Å². The fourth-order valence-electron chi connectivity index (χ4n) is 2.50. The van der Waals surface area contributed by atoms with E-state index in [-0.39, 0.29) is 22.5 Å². The van der Waals surface area contributed by atoms with E-state index in [0.717, 1.165) is 20.5 Å². The maximum atomic E-state index is 12.5. The number of sulfonamides is 1. The fraction of sp³-hybridized carbons (Fsp3) is 0.412. The fourth-order valence-corrected chi connectivity index (χ4v) is 4.50. The standard InChI is InChI=1S/C17H22N4O7S2/c1-10(2)8-21-15(18)14(16(24)20(3)17(21)25)11(22)9-28-12(23)7-19-30(26,27)13-5-4-6-29-13/h4-6,10,19H,7-9,18H2,1-3H3. The second kappa shape index (κ2) is 9.36. The molecule has 2 heterocycles. The lowest BCUT2D eigenvalue weighted by molar-refractivity contribution is -0.141. The van der Waals surface area contributed by atoms with Crippen LogP contribution in [0.4, 0.5) is 5.82 Å². The van der Waals surface area contributed by atoms with E-state index in [9.17, 15) is 27.6 Å². The summed E-state index contributed by atoms with van der Waals surface area (Å²) in [6, 6.07) is 2.91. The Bertz CT molecular complexity index is 1160. The van der Waals surface area contributed by atoms with Crippen LogP contribution in [0.2, 0.25) is 0 Å². The molecule has 0 saturated carbocycles. The Kier molecular flexibility index (Phi) is 7.34. The number of hydrogen-bond acceptors (Lipinski definition) is 9. The van der Waals surface area contributed by atoms with Crippen molar-refractivity contribution >= 4 is 38.9 Å². The number of nitrogens with two attached hydrogens (primary N) is 1. The molecule has 0 aliphatic rings. The minimum Gasteiger partial charge on any atom is -0.456 e. The Balaban J connectivity index is 2.11. The first-order valence-corrected chi connectivity index (χ1v) is 11.1. The Morgan fingerprint density at radius 3 is 2.53 bits per heavy atom. The number of Topliss-reactive ketones (excluding diaryl/α,β-unsaturated/α-hetero) is 1. The number of carbonyl (C=O) groups excluding carboxylic acids is 2. The highest BCUT2D eigenvalue weighted by Crippen LogP contribution is 2.15. The molecule has 0 fully saturated rings. The molecule has 0 unspecified atom stereocenters. The van der Waals surface area contributed by atoms with Crippen molar-refractivity contribution in [3.05, 3.63) is 43.9 Å². The van der Waals surface area contributed by atoms with Crippen molar-refractivity contribution in [2.75, 3.05) is 18.9 Å². The number of aromatic nitrogens is 2. The molecule has 2 rings (SSSR count). The highest BCUT2D eigenvalue weighted by Gasteiger charge is 2.23. The number of ether oxygens (including phenoxy) is 1. The van der Waals surface area contributed by atoms with Crippen molar-refractivity contribution < 1.29 is 22.7 Å². The lowest BCUT2D eigenvalue weighted by Crippen LogP contribution is -2.43. The van der Waals surface area contributed by atoms with E-state index in [1.165, 1.54) is 13.1 Å². The number of hydrogen-bond donors (Lipinski definition) is 2. The van der Waals surface area contributed by atoms with Crippen LogP contribution in [0.15, 0.2) is 31.3 Å². The molecular weight excluding hydrogens is 436 g/mol. The number of ketones is 1. The quantitative estimate of drug-likeness (QED) is 0.377. The van der Waals surface area contributed by atoms with Gasteiger partial charge in [0.1, 0.15) is 22.1 Å². The molecule has 3 N–H and O–H groups in total. The summed E-state index contributed by atoms with van der Waals surface area (Å²) in [6.07, 6.45) is 0. The molecule has 0 aliphatic carbocycles. The van der Waals surface area contributed by atoms with Crippen molar-refractivity contribution in [2.24, 2.45) is 13.0 Å². The molecule has 0 spiro atoms. The molecule has 30 heavy (non-hydrogen) atoms. The molecule has 0 amide bonds. The topological polar surface area (TPSA) is 160 Å². The lowest BCUT2D eigenvalue weighted by Gasteiger charge is -2.16. The summed E-state index contributed by atoms with van der Waals surface area (Å²) >= 11 is 0.973. The third-order valence-electron chi connectivity index (χ3n) is 3.94. The van der Waals surface area contributed by atoms with Gasteiger partial charge in [-0.15, -0.1) is 11.3 Å². The van der Waals surface area contributed by atoms with Crippen LogP contribution in [-0.4, -0.2) is 42.5 Å². The van der Waals surface area contributed by atoms with Gasteiger partial charge in [0, 0.05) is 13.6 Å². The zero-order valence-electron chi connectivity index (χ0n) is 16.6. The lowest BCUT2D eigenvalue weighted by atomic mass is 10.1. The Labute approximate surface area is 176 Å². The third-order valence-corrected chi connectivity index (χ3v) is 6.74. The number of rotatable bonds is 9. The molecule has 11 nitrogen and oxygen atoms in total. The first-order valence-electron chi connectivity index (χ1n) is 8.77. The van der Waals surface area contributed by atoms with Crippen LogP contribution in [0.25, 0.3) is 0 Å². The summed E-state index contributed by atoms with van der Waals surface area (Å²) in [6.45, 7) is 2.31. The summed E-state index contributed by atoms with van der Waals surface area (Å²) in [4.78, 5) is 48.9. The summed E-state index contributed by atoms with van der Waals surface area (Å²) in [5.74, 6) is -2.22. The van der Waals surface area contributed by atoms with Crippen LogP contribution in [0, 0.1) is 5.92 Å². The number of nitrogens with one attached hydrogen (secondary N) is 1. The second-order valence-corrected chi connectivity index (χ2v) is 9.69. The molecule has 0 aliphatic heterocycles. The molecule has 13 heteroatoms. The summed E-state index contributed by atoms with van der Waals surface area (Å²) < 4.78 is 32.7. The summed E-state index contributed by atoms with van der Waals surface area (Å²) in [5, 5.41) is 1.56. The van der Waals surface area contributed by atoms with E-state index in [4.69, 9.17) is 10.5 Å². The molecular formula is C17H22N4O7S2.